The van der Waals surface area contributed by atoms with Crippen molar-refractivity contribution < 1.29 is 29.7 Å². The third kappa shape index (κ3) is 1.28. The lowest BCUT2D eigenvalue weighted by atomic mass is 10.0. The van der Waals surface area contributed by atoms with Gasteiger partial charge in [0.25, 0.3) is 0 Å². The molecule has 0 unspecified atom stereocenters. The third-order valence-corrected chi connectivity index (χ3v) is 1.42. The van der Waals surface area contributed by atoms with E-state index in [0.29, 0.717) is 6.08 Å². The van der Waals surface area contributed by atoms with Crippen LogP contribution in [0.4, 0.5) is 0 Å². The smallest absolute Gasteiger partial charge is 0.339 e. The van der Waals surface area contributed by atoms with Gasteiger partial charge in [-0.1, -0.05) is 0 Å². The first kappa shape index (κ1) is 8.98. The van der Waals surface area contributed by atoms with Crippen molar-refractivity contribution in [3.05, 3.63) is 23.2 Å². The Morgan fingerprint density at radius 2 is 1.69 bits per heavy atom. The number of aliphatic hydroxyl groups is 2. The number of aliphatic hydroxyl groups excluding tert-OH is 2. The maximum Gasteiger partial charge on any atom is 0.339 e. The van der Waals surface area contributed by atoms with Gasteiger partial charge in [0.1, 0.15) is 5.57 Å². The zero-order valence-electron chi connectivity index (χ0n) is 6.14. The number of hydrogen-bond donors (Lipinski definition) is 3. The number of carbonyl (C=O) groups is 3. The first-order chi connectivity index (χ1) is 5.95. The molecule has 1 rings (SSSR count). The molecule has 1 aliphatic carbocycles. The summed E-state index contributed by atoms with van der Waals surface area (Å²) in [6.45, 7) is 0. The Morgan fingerprint density at radius 1 is 1.15 bits per heavy atom. The van der Waals surface area contributed by atoms with Gasteiger partial charge in [-0.25, -0.2) is 4.79 Å². The molecular weight excluding hydrogens is 180 g/mol. The van der Waals surface area contributed by atoms with E-state index < -0.39 is 34.6 Å². The van der Waals surface area contributed by atoms with Crippen molar-refractivity contribution in [3.8, 4) is 0 Å². The number of allylic oxidation sites excluding steroid dienone is 2. The topological polar surface area (TPSA) is 112 Å². The summed E-state index contributed by atoms with van der Waals surface area (Å²) in [5.41, 5.74) is -0.861. The maximum absolute atomic E-state index is 10.9. The third-order valence-electron chi connectivity index (χ3n) is 1.42. The number of rotatable bonds is 1. The molecule has 3 N–H and O–H groups in total. The lowest BCUT2D eigenvalue weighted by Gasteiger charge is -2.07. The van der Waals surface area contributed by atoms with E-state index in [-0.39, 0.29) is 0 Å². The molecule has 1 aliphatic rings. The maximum atomic E-state index is 10.9. The predicted molar refractivity (Wildman–Crippen MR) is 38.0 cm³/mol. The van der Waals surface area contributed by atoms with Crippen LogP contribution in [0.25, 0.3) is 0 Å². The number of carboxylic acid groups (broad SMARTS) is 1. The van der Waals surface area contributed by atoms with E-state index in [1.165, 1.54) is 0 Å². The van der Waals surface area contributed by atoms with Crippen molar-refractivity contribution in [2.75, 3.05) is 0 Å². The lowest BCUT2D eigenvalue weighted by Crippen LogP contribution is -2.23. The van der Waals surface area contributed by atoms with Gasteiger partial charge in [-0.2, -0.15) is 0 Å². The molecule has 0 aliphatic heterocycles. The number of ketones is 2. The molecule has 0 amide bonds. The van der Waals surface area contributed by atoms with Gasteiger partial charge >= 0.3 is 5.97 Å². The van der Waals surface area contributed by atoms with Crippen LogP contribution in [-0.4, -0.2) is 32.9 Å². The quantitative estimate of drug-likeness (QED) is 0.373. The standard InChI is InChI=1S/C7H4O6/c8-3-1-2(7(12)13)4(9)6(11)5(3)10/h1,10-11H,(H,12,13). The lowest BCUT2D eigenvalue weighted by molar-refractivity contribution is -0.135. The summed E-state index contributed by atoms with van der Waals surface area (Å²) >= 11 is 0. The number of carbonyl (C=O) groups excluding carboxylic acids is 2. The normalized spacial score (nSPS) is 17.4. The van der Waals surface area contributed by atoms with Crippen LogP contribution >= 0.6 is 0 Å². The molecule has 13 heavy (non-hydrogen) atoms. The van der Waals surface area contributed by atoms with Crippen LogP contribution in [0.2, 0.25) is 0 Å². The molecule has 6 nitrogen and oxygen atoms in total. The van der Waals surface area contributed by atoms with Gasteiger partial charge in [-0.15, -0.1) is 0 Å². The van der Waals surface area contributed by atoms with Gasteiger partial charge in [-0.3, -0.25) is 9.59 Å². The van der Waals surface area contributed by atoms with Crippen molar-refractivity contribution in [1.29, 1.82) is 0 Å². The minimum atomic E-state index is -1.63. The van der Waals surface area contributed by atoms with Crippen LogP contribution < -0.4 is 0 Å². The highest BCUT2D eigenvalue weighted by atomic mass is 16.4. The van der Waals surface area contributed by atoms with Crippen LogP contribution in [0.5, 0.6) is 0 Å². The zero-order valence-corrected chi connectivity index (χ0v) is 6.14. The fourth-order valence-corrected chi connectivity index (χ4v) is 0.776. The molecule has 0 bridgehead atoms. The van der Waals surface area contributed by atoms with Gasteiger partial charge in [-0.05, 0) is 0 Å². The van der Waals surface area contributed by atoms with Crippen LogP contribution in [0.3, 0.4) is 0 Å². The van der Waals surface area contributed by atoms with Gasteiger partial charge in [0, 0.05) is 6.08 Å². The van der Waals surface area contributed by atoms with Gasteiger partial charge in [0.05, 0.1) is 0 Å². The van der Waals surface area contributed by atoms with E-state index in [4.69, 9.17) is 15.3 Å². The summed E-state index contributed by atoms with van der Waals surface area (Å²) in [5, 5.41) is 25.9. The van der Waals surface area contributed by atoms with E-state index in [0.717, 1.165) is 0 Å². The van der Waals surface area contributed by atoms with Crippen molar-refractivity contribution >= 4 is 17.5 Å². The fraction of sp³-hybridized carbons (Fsp3) is 0. The molecule has 0 saturated heterocycles. The van der Waals surface area contributed by atoms with Crippen molar-refractivity contribution in [2.24, 2.45) is 0 Å². The molecule has 0 fully saturated rings. The molecule has 6 heteroatoms. The second-order valence-electron chi connectivity index (χ2n) is 2.25. The molecule has 0 spiro atoms. The molecule has 0 aromatic carbocycles. The average Bonchev–Trinajstić information content (AvgIpc) is 2.07. The largest absolute Gasteiger partial charge is 0.501 e. The van der Waals surface area contributed by atoms with Crippen molar-refractivity contribution in [2.45, 2.75) is 0 Å². The van der Waals surface area contributed by atoms with E-state index in [1.54, 1.807) is 0 Å². The summed E-state index contributed by atoms with van der Waals surface area (Å²) in [4.78, 5) is 31.9. The second-order valence-corrected chi connectivity index (χ2v) is 2.25. The minimum Gasteiger partial charge on any atom is -0.501 e. The summed E-state index contributed by atoms with van der Waals surface area (Å²) in [6, 6.07) is 0. The minimum absolute atomic E-state index is 0.458. The number of carboxylic acids is 1. The first-order valence-electron chi connectivity index (χ1n) is 3.11. The molecule has 0 radical (unpaired) electrons. The molecule has 68 valence electrons. The highest BCUT2D eigenvalue weighted by Crippen LogP contribution is 2.15. The van der Waals surface area contributed by atoms with Crippen LogP contribution in [0.15, 0.2) is 23.2 Å². The highest BCUT2D eigenvalue weighted by Gasteiger charge is 2.31. The Bertz CT molecular complexity index is 372. The molecule has 0 saturated carbocycles. The highest BCUT2D eigenvalue weighted by molar-refractivity contribution is 6.30. The van der Waals surface area contributed by atoms with Gasteiger partial charge in [0.2, 0.25) is 23.1 Å². The molecule has 0 heterocycles. The van der Waals surface area contributed by atoms with Crippen molar-refractivity contribution in [3.63, 3.8) is 0 Å². The molecule has 0 aromatic rings. The summed E-state index contributed by atoms with van der Waals surface area (Å²) in [5.74, 6) is -6.36. The Hall–Kier alpha value is -2.11. The van der Waals surface area contributed by atoms with Gasteiger partial charge < -0.3 is 15.3 Å². The molecule has 0 atom stereocenters. The second kappa shape index (κ2) is 2.74. The summed E-state index contributed by atoms with van der Waals surface area (Å²) in [6.07, 6.45) is 0.458. The monoisotopic (exact) mass is 184 g/mol. The SMILES string of the molecule is O=C(O)C1=CC(=O)C(O)=C(O)C1=O. The van der Waals surface area contributed by atoms with Crippen molar-refractivity contribution in [1.82, 2.24) is 0 Å². The molecule has 0 aromatic heterocycles. The van der Waals surface area contributed by atoms with Crippen LogP contribution in [0.1, 0.15) is 0 Å². The van der Waals surface area contributed by atoms with E-state index in [1.807, 2.05) is 0 Å². The van der Waals surface area contributed by atoms with E-state index in [9.17, 15) is 14.4 Å². The van der Waals surface area contributed by atoms with Crippen LogP contribution in [-0.2, 0) is 14.4 Å². The zero-order chi connectivity index (χ0) is 10.2. The summed E-state index contributed by atoms with van der Waals surface area (Å²) in [7, 11) is 0. The Balaban J connectivity index is 3.23. The number of aliphatic carboxylic acids is 1. The Morgan fingerprint density at radius 3 is 2.15 bits per heavy atom. The average molecular weight is 184 g/mol. The predicted octanol–water partition coefficient (Wildman–Crippen LogP) is -0.523. The van der Waals surface area contributed by atoms with Gasteiger partial charge in [0.15, 0.2) is 0 Å². The van der Waals surface area contributed by atoms with Crippen LogP contribution in [0, 0.1) is 0 Å². The molecular formula is C7H4O6. The Kier molecular flexibility index (Phi) is 1.89. The summed E-state index contributed by atoms with van der Waals surface area (Å²) < 4.78 is 0. The number of Topliss-reactive ketones (excluding diaryl/α,β-unsaturated/α-hetero) is 1. The number of hydrogen-bond acceptors (Lipinski definition) is 5. The Labute approximate surface area is 71.4 Å². The fourth-order valence-electron chi connectivity index (χ4n) is 0.776. The first-order valence-corrected chi connectivity index (χ1v) is 3.11. The van der Waals surface area contributed by atoms with E-state index in [2.05, 4.69) is 0 Å². The van der Waals surface area contributed by atoms with E-state index >= 15 is 0 Å².